The zero-order valence-electron chi connectivity index (χ0n) is 17.7. The SMILES string of the molecule is CCCOc1cc(N(Nc2cc(C(C)C)c3c(n2)c(C)nn3C)C(N)=O)cc(Cl)n1. The largest absolute Gasteiger partial charge is 0.478 e. The molecule has 3 N–H and O–H groups in total. The van der Waals surface area contributed by atoms with Gasteiger partial charge in [-0.2, -0.15) is 5.10 Å². The summed E-state index contributed by atoms with van der Waals surface area (Å²) in [6.07, 6.45) is 0.813. The van der Waals surface area contributed by atoms with Crippen LogP contribution in [0.5, 0.6) is 5.88 Å². The van der Waals surface area contributed by atoms with E-state index in [0.29, 0.717) is 24.0 Å². The maximum Gasteiger partial charge on any atom is 0.338 e. The van der Waals surface area contributed by atoms with Crippen LogP contribution in [-0.4, -0.2) is 32.4 Å². The fourth-order valence-electron chi connectivity index (χ4n) is 3.20. The van der Waals surface area contributed by atoms with Crippen molar-refractivity contribution in [1.29, 1.82) is 0 Å². The minimum absolute atomic E-state index is 0.182. The molecule has 9 nitrogen and oxygen atoms in total. The lowest BCUT2D eigenvalue weighted by Crippen LogP contribution is -2.40. The van der Waals surface area contributed by atoms with Crippen LogP contribution in [0, 0.1) is 6.92 Å². The molecule has 0 bridgehead atoms. The van der Waals surface area contributed by atoms with Crippen LogP contribution in [0.4, 0.5) is 16.3 Å². The number of nitrogens with zero attached hydrogens (tertiary/aromatic N) is 5. The number of fused-ring (bicyclic) bond motifs is 1. The molecule has 30 heavy (non-hydrogen) atoms. The van der Waals surface area contributed by atoms with E-state index in [1.807, 2.05) is 31.6 Å². The van der Waals surface area contributed by atoms with E-state index in [4.69, 9.17) is 22.1 Å². The summed E-state index contributed by atoms with van der Waals surface area (Å²) in [5, 5.41) is 5.82. The number of amides is 2. The molecule has 0 aliphatic carbocycles. The molecule has 10 heteroatoms. The van der Waals surface area contributed by atoms with E-state index in [-0.39, 0.29) is 11.1 Å². The summed E-state index contributed by atoms with van der Waals surface area (Å²) >= 11 is 6.12. The van der Waals surface area contributed by atoms with Crippen LogP contribution in [0.3, 0.4) is 0 Å². The number of urea groups is 1. The van der Waals surface area contributed by atoms with Gasteiger partial charge in [0.15, 0.2) is 0 Å². The van der Waals surface area contributed by atoms with E-state index in [1.54, 1.807) is 6.07 Å². The number of aromatic nitrogens is 4. The van der Waals surface area contributed by atoms with E-state index in [0.717, 1.165) is 33.7 Å². The van der Waals surface area contributed by atoms with Crippen molar-refractivity contribution in [3.05, 3.63) is 34.6 Å². The zero-order valence-corrected chi connectivity index (χ0v) is 18.5. The first kappa shape index (κ1) is 21.6. The van der Waals surface area contributed by atoms with Gasteiger partial charge in [0.1, 0.15) is 16.5 Å². The van der Waals surface area contributed by atoms with Crippen molar-refractivity contribution in [2.75, 3.05) is 17.0 Å². The van der Waals surface area contributed by atoms with E-state index in [2.05, 4.69) is 34.3 Å². The number of pyridine rings is 2. The summed E-state index contributed by atoms with van der Waals surface area (Å²) in [5.74, 6) is 0.990. The van der Waals surface area contributed by atoms with Gasteiger partial charge in [-0.15, -0.1) is 0 Å². The van der Waals surface area contributed by atoms with Crippen LogP contribution in [0.15, 0.2) is 18.2 Å². The van der Waals surface area contributed by atoms with Crippen LogP contribution in [0.2, 0.25) is 5.15 Å². The Balaban J connectivity index is 2.04. The molecule has 0 fully saturated rings. The highest BCUT2D eigenvalue weighted by Gasteiger charge is 2.20. The van der Waals surface area contributed by atoms with E-state index in [9.17, 15) is 4.79 Å². The molecular weight excluding hydrogens is 406 g/mol. The lowest BCUT2D eigenvalue weighted by atomic mass is 10.0. The van der Waals surface area contributed by atoms with Gasteiger partial charge in [-0.3, -0.25) is 10.1 Å². The number of hydrazine groups is 1. The summed E-state index contributed by atoms with van der Waals surface area (Å²) in [4.78, 5) is 21.0. The zero-order chi connectivity index (χ0) is 22.0. The quantitative estimate of drug-likeness (QED) is 0.429. The number of nitrogens with two attached hydrogens (primary N) is 1. The number of primary amides is 1. The molecular formula is C20H26ClN7O2. The Kier molecular flexibility index (Phi) is 6.31. The van der Waals surface area contributed by atoms with Gasteiger partial charge in [-0.25, -0.2) is 19.8 Å². The lowest BCUT2D eigenvalue weighted by Gasteiger charge is -2.23. The maximum absolute atomic E-state index is 12.2. The third kappa shape index (κ3) is 4.40. The van der Waals surface area contributed by atoms with Crippen molar-refractivity contribution in [3.8, 4) is 5.88 Å². The van der Waals surface area contributed by atoms with E-state index in [1.165, 1.54) is 6.07 Å². The number of aryl methyl sites for hydroxylation is 2. The van der Waals surface area contributed by atoms with E-state index >= 15 is 0 Å². The van der Waals surface area contributed by atoms with Crippen molar-refractivity contribution in [1.82, 2.24) is 19.7 Å². The Labute approximate surface area is 180 Å². The minimum Gasteiger partial charge on any atom is -0.478 e. The van der Waals surface area contributed by atoms with Crippen LogP contribution in [0.25, 0.3) is 11.0 Å². The molecule has 0 aromatic carbocycles. The third-order valence-corrected chi connectivity index (χ3v) is 4.72. The fourth-order valence-corrected chi connectivity index (χ4v) is 3.40. The Morgan fingerprint density at radius 3 is 2.70 bits per heavy atom. The van der Waals surface area contributed by atoms with Crippen molar-refractivity contribution in [2.45, 2.75) is 40.0 Å². The van der Waals surface area contributed by atoms with Gasteiger partial charge >= 0.3 is 6.03 Å². The van der Waals surface area contributed by atoms with Gasteiger partial charge in [0.2, 0.25) is 5.88 Å². The Bertz CT molecular complexity index is 1080. The van der Waals surface area contributed by atoms with Crippen LogP contribution < -0.4 is 20.9 Å². The highest BCUT2D eigenvalue weighted by molar-refractivity contribution is 6.29. The van der Waals surface area contributed by atoms with Crippen LogP contribution in [-0.2, 0) is 7.05 Å². The molecule has 0 saturated carbocycles. The molecule has 0 unspecified atom stereocenters. The number of hydrogen-bond acceptors (Lipinski definition) is 6. The highest BCUT2D eigenvalue weighted by Crippen LogP contribution is 2.30. The molecule has 160 valence electrons. The number of hydrogen-bond donors (Lipinski definition) is 2. The molecule has 2 amide bonds. The lowest BCUT2D eigenvalue weighted by molar-refractivity contribution is 0.255. The Hall–Kier alpha value is -3.07. The van der Waals surface area contributed by atoms with Crippen molar-refractivity contribution < 1.29 is 9.53 Å². The normalized spacial score (nSPS) is 11.2. The third-order valence-electron chi connectivity index (χ3n) is 4.52. The molecule has 3 heterocycles. The monoisotopic (exact) mass is 431 g/mol. The van der Waals surface area contributed by atoms with Crippen LogP contribution >= 0.6 is 11.6 Å². The second-order valence-electron chi connectivity index (χ2n) is 7.28. The first-order chi connectivity index (χ1) is 14.2. The van der Waals surface area contributed by atoms with Crippen molar-refractivity contribution >= 4 is 40.2 Å². The van der Waals surface area contributed by atoms with Gasteiger partial charge in [0, 0.05) is 19.2 Å². The number of halogens is 1. The molecule has 3 aromatic rings. The first-order valence-corrected chi connectivity index (χ1v) is 10.1. The first-order valence-electron chi connectivity index (χ1n) is 9.72. The standard InChI is InChI=1S/C20H26ClN7O2/c1-6-7-30-17-9-13(8-15(21)23-17)28(20(22)29)26-16-10-14(11(2)3)19-18(24-16)12(4)25-27(19)5/h8-11H,6-7H2,1-5H3,(H2,22,29)(H,24,26). The average Bonchev–Trinajstić information content (AvgIpc) is 2.96. The van der Waals surface area contributed by atoms with Gasteiger partial charge in [0.05, 0.1) is 23.5 Å². The second-order valence-corrected chi connectivity index (χ2v) is 7.67. The summed E-state index contributed by atoms with van der Waals surface area (Å²) in [5.41, 5.74) is 12.6. The van der Waals surface area contributed by atoms with Gasteiger partial charge in [0.25, 0.3) is 0 Å². The van der Waals surface area contributed by atoms with Gasteiger partial charge < -0.3 is 10.5 Å². The molecule has 0 radical (unpaired) electrons. The number of nitrogens with one attached hydrogen (secondary N) is 1. The number of carbonyl (C=O) groups excluding carboxylic acids is 1. The predicted octanol–water partition coefficient (Wildman–Crippen LogP) is 4.15. The smallest absolute Gasteiger partial charge is 0.338 e. The molecule has 3 rings (SSSR count). The molecule has 0 spiro atoms. The summed E-state index contributed by atoms with van der Waals surface area (Å²) in [6, 6.07) is 4.28. The van der Waals surface area contributed by atoms with Gasteiger partial charge in [-0.1, -0.05) is 32.4 Å². The highest BCUT2D eigenvalue weighted by atomic mass is 35.5. The van der Waals surface area contributed by atoms with Crippen molar-refractivity contribution in [3.63, 3.8) is 0 Å². The topological polar surface area (TPSA) is 111 Å². The number of carbonyl (C=O) groups is 1. The molecule has 0 saturated heterocycles. The molecule has 0 atom stereocenters. The molecule has 0 aliphatic rings. The minimum atomic E-state index is -0.727. The maximum atomic E-state index is 12.2. The summed E-state index contributed by atoms with van der Waals surface area (Å²) in [6.45, 7) is 8.54. The summed E-state index contributed by atoms with van der Waals surface area (Å²) < 4.78 is 7.38. The predicted molar refractivity (Wildman–Crippen MR) is 118 cm³/mol. The fraction of sp³-hybridized carbons (Fsp3) is 0.400. The number of rotatable bonds is 7. The Morgan fingerprint density at radius 1 is 1.33 bits per heavy atom. The van der Waals surface area contributed by atoms with E-state index < -0.39 is 6.03 Å². The molecule has 0 aliphatic heterocycles. The van der Waals surface area contributed by atoms with Gasteiger partial charge in [-0.05, 0) is 30.9 Å². The molecule has 3 aromatic heterocycles. The number of ether oxygens (including phenoxy) is 1. The van der Waals surface area contributed by atoms with Crippen molar-refractivity contribution in [2.24, 2.45) is 12.8 Å². The average molecular weight is 432 g/mol. The van der Waals surface area contributed by atoms with Crippen LogP contribution in [0.1, 0.15) is 44.4 Å². The Morgan fingerprint density at radius 2 is 2.07 bits per heavy atom. The number of anilines is 2. The summed E-state index contributed by atoms with van der Waals surface area (Å²) in [7, 11) is 1.89. The second kappa shape index (κ2) is 8.74.